The van der Waals surface area contributed by atoms with Crippen LogP contribution in [0.25, 0.3) is 11.3 Å². The summed E-state index contributed by atoms with van der Waals surface area (Å²) in [6.07, 6.45) is 2.57. The zero-order valence-corrected chi connectivity index (χ0v) is 11.0. The second-order valence-corrected chi connectivity index (χ2v) is 6.21. The van der Waals surface area contributed by atoms with Gasteiger partial charge >= 0.3 is 0 Å². The van der Waals surface area contributed by atoms with Gasteiger partial charge < -0.3 is 5.11 Å². The maximum atomic E-state index is 11.6. The van der Waals surface area contributed by atoms with Crippen LogP contribution in [-0.4, -0.2) is 24.8 Å². The van der Waals surface area contributed by atoms with Crippen LogP contribution in [0.2, 0.25) is 5.02 Å². The number of sulfone groups is 1. The minimum Gasteiger partial charge on any atom is -0.506 e. The van der Waals surface area contributed by atoms with Crippen LogP contribution in [-0.2, 0) is 9.84 Å². The molecule has 1 aromatic carbocycles. The number of aromatic hydroxyl groups is 1. The van der Waals surface area contributed by atoms with E-state index in [2.05, 4.69) is 4.98 Å². The Morgan fingerprint density at radius 1 is 1.28 bits per heavy atom. The third-order valence-electron chi connectivity index (χ3n) is 2.38. The average Bonchev–Trinajstić information content (AvgIpc) is 2.31. The van der Waals surface area contributed by atoms with Gasteiger partial charge in [-0.05, 0) is 24.3 Å². The van der Waals surface area contributed by atoms with Crippen molar-refractivity contribution in [2.24, 2.45) is 0 Å². The molecule has 0 radical (unpaired) electrons. The summed E-state index contributed by atoms with van der Waals surface area (Å²) in [5.41, 5.74) is 0.755. The van der Waals surface area contributed by atoms with Crippen molar-refractivity contribution in [3.8, 4) is 17.0 Å². The summed E-state index contributed by atoms with van der Waals surface area (Å²) >= 11 is 5.87. The standard InChI is InChI=1S/C12H10ClNO3S/c1-18(16,17)11-7-8(13)6-9(12(11)15)10-4-2-3-5-14-10/h2-7,15H,1H3. The number of pyridine rings is 1. The van der Waals surface area contributed by atoms with Gasteiger partial charge in [0.2, 0.25) is 0 Å². The highest BCUT2D eigenvalue weighted by atomic mass is 35.5. The van der Waals surface area contributed by atoms with Crippen LogP contribution < -0.4 is 0 Å². The van der Waals surface area contributed by atoms with Gasteiger partial charge in [-0.1, -0.05) is 17.7 Å². The van der Waals surface area contributed by atoms with Crippen molar-refractivity contribution in [3.63, 3.8) is 0 Å². The molecule has 0 bridgehead atoms. The third-order valence-corrected chi connectivity index (χ3v) is 3.71. The van der Waals surface area contributed by atoms with Gasteiger partial charge in [0, 0.05) is 23.0 Å². The Kier molecular flexibility index (Phi) is 3.28. The second-order valence-electron chi connectivity index (χ2n) is 3.79. The monoisotopic (exact) mass is 283 g/mol. The van der Waals surface area contributed by atoms with E-state index < -0.39 is 9.84 Å². The molecule has 6 heteroatoms. The molecule has 18 heavy (non-hydrogen) atoms. The zero-order chi connectivity index (χ0) is 13.3. The maximum absolute atomic E-state index is 11.6. The Hall–Kier alpha value is -1.59. The summed E-state index contributed by atoms with van der Waals surface area (Å²) in [7, 11) is -3.55. The number of phenolic OH excluding ortho intramolecular Hbond substituents is 1. The second kappa shape index (κ2) is 4.59. The van der Waals surface area contributed by atoms with Gasteiger partial charge in [0.25, 0.3) is 0 Å². The van der Waals surface area contributed by atoms with Crippen LogP contribution in [0, 0.1) is 0 Å². The Morgan fingerprint density at radius 3 is 2.56 bits per heavy atom. The van der Waals surface area contributed by atoms with E-state index in [1.807, 2.05) is 0 Å². The topological polar surface area (TPSA) is 67.3 Å². The molecule has 0 saturated carbocycles. The van der Waals surface area contributed by atoms with Gasteiger partial charge in [-0.2, -0.15) is 0 Å². The van der Waals surface area contributed by atoms with Crippen LogP contribution in [0.4, 0.5) is 0 Å². The van der Waals surface area contributed by atoms with E-state index in [4.69, 9.17) is 11.6 Å². The van der Waals surface area contributed by atoms with Gasteiger partial charge in [-0.25, -0.2) is 8.42 Å². The molecule has 0 fully saturated rings. The lowest BCUT2D eigenvalue weighted by Crippen LogP contribution is -1.99. The first-order valence-electron chi connectivity index (χ1n) is 5.03. The highest BCUT2D eigenvalue weighted by molar-refractivity contribution is 7.90. The molecule has 4 nitrogen and oxygen atoms in total. The van der Waals surface area contributed by atoms with E-state index in [1.165, 1.54) is 12.1 Å². The van der Waals surface area contributed by atoms with Gasteiger partial charge in [-0.3, -0.25) is 4.98 Å². The number of aromatic nitrogens is 1. The van der Waals surface area contributed by atoms with Gasteiger partial charge in [-0.15, -0.1) is 0 Å². The molecule has 0 amide bonds. The minimum absolute atomic E-state index is 0.198. The molecule has 1 N–H and O–H groups in total. The Morgan fingerprint density at radius 2 is 2.00 bits per heavy atom. The van der Waals surface area contributed by atoms with Crippen LogP contribution in [0.1, 0.15) is 0 Å². The molecular weight excluding hydrogens is 274 g/mol. The summed E-state index contributed by atoms with van der Waals surface area (Å²) < 4.78 is 23.1. The Bertz CT molecular complexity index is 684. The largest absolute Gasteiger partial charge is 0.506 e. The molecule has 94 valence electrons. The quantitative estimate of drug-likeness (QED) is 0.919. The van der Waals surface area contributed by atoms with Crippen molar-refractivity contribution >= 4 is 21.4 Å². The molecule has 0 aliphatic carbocycles. The SMILES string of the molecule is CS(=O)(=O)c1cc(Cl)cc(-c2ccccn2)c1O. The van der Waals surface area contributed by atoms with E-state index in [1.54, 1.807) is 24.4 Å². The molecule has 2 aromatic rings. The molecule has 2 rings (SSSR count). The lowest BCUT2D eigenvalue weighted by Gasteiger charge is -2.09. The fraction of sp³-hybridized carbons (Fsp3) is 0.0833. The minimum atomic E-state index is -3.55. The van der Waals surface area contributed by atoms with Gasteiger partial charge in [0.15, 0.2) is 9.84 Å². The third kappa shape index (κ3) is 2.47. The summed E-state index contributed by atoms with van der Waals surface area (Å²) in [5, 5.41) is 10.3. The average molecular weight is 284 g/mol. The van der Waals surface area contributed by atoms with Crippen molar-refractivity contribution in [3.05, 3.63) is 41.6 Å². The van der Waals surface area contributed by atoms with Crippen molar-refractivity contribution in [1.29, 1.82) is 0 Å². The first-order chi connectivity index (χ1) is 8.39. The molecule has 0 unspecified atom stereocenters. The van der Waals surface area contributed by atoms with Crippen LogP contribution >= 0.6 is 11.6 Å². The number of rotatable bonds is 2. The molecule has 0 aliphatic rings. The predicted octanol–water partition coefficient (Wildman–Crippen LogP) is 2.51. The number of benzene rings is 1. The highest BCUT2D eigenvalue weighted by Crippen LogP contribution is 2.36. The predicted molar refractivity (Wildman–Crippen MR) is 69.5 cm³/mol. The molecule has 1 heterocycles. The first-order valence-corrected chi connectivity index (χ1v) is 7.30. The smallest absolute Gasteiger partial charge is 0.179 e. The summed E-state index contributed by atoms with van der Waals surface area (Å²) in [6.45, 7) is 0. The fourth-order valence-electron chi connectivity index (χ4n) is 1.57. The van der Waals surface area contributed by atoms with Crippen molar-refractivity contribution in [1.82, 2.24) is 4.98 Å². The van der Waals surface area contributed by atoms with E-state index in [9.17, 15) is 13.5 Å². The van der Waals surface area contributed by atoms with Crippen LogP contribution in [0.15, 0.2) is 41.4 Å². The molecular formula is C12H10ClNO3S. The Labute approximate surface area is 110 Å². The van der Waals surface area contributed by atoms with E-state index in [0.29, 0.717) is 11.3 Å². The maximum Gasteiger partial charge on any atom is 0.179 e. The van der Waals surface area contributed by atoms with Crippen LogP contribution in [0.3, 0.4) is 0 Å². The highest BCUT2D eigenvalue weighted by Gasteiger charge is 2.19. The summed E-state index contributed by atoms with van der Waals surface area (Å²) in [5.74, 6) is -0.333. The molecule has 0 aliphatic heterocycles. The fourth-order valence-corrected chi connectivity index (χ4v) is 2.66. The normalized spacial score (nSPS) is 11.4. The molecule has 0 spiro atoms. The summed E-state index contributed by atoms with van der Waals surface area (Å²) in [6, 6.07) is 7.83. The first kappa shape index (κ1) is 12.9. The van der Waals surface area contributed by atoms with Crippen LogP contribution in [0.5, 0.6) is 5.75 Å². The van der Waals surface area contributed by atoms with Crippen molar-refractivity contribution < 1.29 is 13.5 Å². The molecule has 0 atom stereocenters. The lowest BCUT2D eigenvalue weighted by molar-refractivity contribution is 0.461. The molecule has 0 saturated heterocycles. The van der Waals surface area contributed by atoms with Gasteiger partial charge in [0.1, 0.15) is 10.6 Å². The van der Waals surface area contributed by atoms with Crippen molar-refractivity contribution in [2.75, 3.05) is 6.26 Å². The zero-order valence-electron chi connectivity index (χ0n) is 9.46. The van der Waals surface area contributed by atoms with Crippen molar-refractivity contribution in [2.45, 2.75) is 4.90 Å². The summed E-state index contributed by atoms with van der Waals surface area (Å²) in [4.78, 5) is 3.86. The van der Waals surface area contributed by atoms with E-state index >= 15 is 0 Å². The Balaban J connectivity index is 2.75. The molecule has 1 aromatic heterocycles. The lowest BCUT2D eigenvalue weighted by atomic mass is 10.1. The number of nitrogens with zero attached hydrogens (tertiary/aromatic N) is 1. The number of hydrogen-bond acceptors (Lipinski definition) is 4. The number of hydrogen-bond donors (Lipinski definition) is 1. The number of phenols is 1. The van der Waals surface area contributed by atoms with E-state index in [-0.39, 0.29) is 15.7 Å². The number of halogens is 1. The van der Waals surface area contributed by atoms with Gasteiger partial charge in [0.05, 0.1) is 5.69 Å². The van der Waals surface area contributed by atoms with E-state index in [0.717, 1.165) is 6.26 Å².